The molecule has 3 aromatic carbocycles. The van der Waals surface area contributed by atoms with Crippen LogP contribution in [0.3, 0.4) is 0 Å². The predicted octanol–water partition coefficient (Wildman–Crippen LogP) is 6.04. The van der Waals surface area contributed by atoms with Crippen LogP contribution in [0.25, 0.3) is 28.5 Å². The van der Waals surface area contributed by atoms with E-state index in [0.29, 0.717) is 11.8 Å². The second-order valence-corrected chi connectivity index (χ2v) is 6.34. The van der Waals surface area contributed by atoms with Gasteiger partial charge in [0.15, 0.2) is 23.3 Å². The molecule has 0 aliphatic heterocycles. The molecule has 0 aliphatic carbocycles. The van der Waals surface area contributed by atoms with Crippen LogP contribution in [0.4, 0.5) is 26.3 Å². The Morgan fingerprint density at radius 2 is 1.37 bits per heavy atom. The minimum atomic E-state index is -4.51. The number of benzene rings is 3. The quantitative estimate of drug-likeness (QED) is 0.300. The average molecular weight is 419 g/mol. The van der Waals surface area contributed by atoms with Gasteiger partial charge in [-0.05, 0) is 30.3 Å². The maximum atomic E-state index is 14.4. The number of nitrogens with zero attached hydrogens (tertiary/aromatic N) is 3. The molecule has 152 valence electrons. The zero-order valence-corrected chi connectivity index (χ0v) is 15.0. The number of hydrogen-bond acceptors (Lipinski definition) is 2. The van der Waals surface area contributed by atoms with E-state index in [-0.39, 0.29) is 17.2 Å². The lowest BCUT2D eigenvalue weighted by molar-refractivity contribution is -0.137. The van der Waals surface area contributed by atoms with Gasteiger partial charge in [0.1, 0.15) is 5.82 Å². The number of hydrogen-bond donors (Lipinski definition) is 0. The summed E-state index contributed by atoms with van der Waals surface area (Å²) >= 11 is 0. The molecule has 0 saturated heterocycles. The summed E-state index contributed by atoms with van der Waals surface area (Å²) < 4.78 is 81.8. The van der Waals surface area contributed by atoms with Crippen LogP contribution in [0, 0.1) is 17.5 Å². The monoisotopic (exact) mass is 419 g/mol. The van der Waals surface area contributed by atoms with Crippen LogP contribution in [0.5, 0.6) is 0 Å². The van der Waals surface area contributed by atoms with Crippen molar-refractivity contribution in [2.24, 2.45) is 0 Å². The summed E-state index contributed by atoms with van der Waals surface area (Å²) in [6.45, 7) is 0. The fourth-order valence-electron chi connectivity index (χ4n) is 2.99. The van der Waals surface area contributed by atoms with Crippen LogP contribution in [0.1, 0.15) is 5.56 Å². The van der Waals surface area contributed by atoms with Crippen molar-refractivity contribution in [2.45, 2.75) is 6.18 Å². The Labute approximate surface area is 166 Å². The SMILES string of the molecule is Fc1cc(F)c(F)c(-c2nnc(-c3ccc(C(F)(F)F)cc3)n2-c2ccccc2)c1. The fourth-order valence-corrected chi connectivity index (χ4v) is 2.99. The highest BCUT2D eigenvalue weighted by Crippen LogP contribution is 2.33. The summed E-state index contributed by atoms with van der Waals surface area (Å²) in [7, 11) is 0. The van der Waals surface area contributed by atoms with Crippen molar-refractivity contribution in [3.05, 3.63) is 89.7 Å². The summed E-state index contributed by atoms with van der Waals surface area (Å²) in [4.78, 5) is 0. The summed E-state index contributed by atoms with van der Waals surface area (Å²) in [5.74, 6) is -3.85. The van der Waals surface area contributed by atoms with Gasteiger partial charge in [-0.2, -0.15) is 13.2 Å². The average Bonchev–Trinajstić information content (AvgIpc) is 3.15. The van der Waals surface area contributed by atoms with Gasteiger partial charge in [0.05, 0.1) is 11.1 Å². The van der Waals surface area contributed by atoms with Gasteiger partial charge < -0.3 is 0 Å². The van der Waals surface area contributed by atoms with Crippen molar-refractivity contribution in [1.82, 2.24) is 14.8 Å². The second kappa shape index (κ2) is 7.33. The van der Waals surface area contributed by atoms with Gasteiger partial charge in [0.25, 0.3) is 0 Å². The van der Waals surface area contributed by atoms with Crippen molar-refractivity contribution >= 4 is 0 Å². The van der Waals surface area contributed by atoms with Gasteiger partial charge in [0, 0.05) is 17.3 Å². The van der Waals surface area contributed by atoms with E-state index in [1.165, 1.54) is 16.7 Å². The summed E-state index contributed by atoms with van der Waals surface area (Å²) in [5.41, 5.74) is -0.642. The molecular formula is C21H11F6N3. The van der Waals surface area contributed by atoms with Crippen LogP contribution in [-0.4, -0.2) is 14.8 Å². The Kier molecular flexibility index (Phi) is 4.81. The van der Waals surface area contributed by atoms with E-state index in [9.17, 15) is 26.3 Å². The number of aromatic nitrogens is 3. The molecule has 4 aromatic rings. The van der Waals surface area contributed by atoms with E-state index in [0.717, 1.165) is 18.2 Å². The third kappa shape index (κ3) is 3.54. The lowest BCUT2D eigenvalue weighted by Crippen LogP contribution is -2.05. The first-order valence-corrected chi connectivity index (χ1v) is 8.59. The molecule has 9 heteroatoms. The third-order valence-corrected chi connectivity index (χ3v) is 4.38. The van der Waals surface area contributed by atoms with E-state index in [2.05, 4.69) is 10.2 Å². The minimum Gasteiger partial charge on any atom is -0.275 e. The molecule has 4 rings (SSSR count). The summed E-state index contributed by atoms with van der Waals surface area (Å²) in [6.07, 6.45) is -4.51. The van der Waals surface area contributed by atoms with E-state index in [1.54, 1.807) is 30.3 Å². The standard InChI is InChI=1S/C21H11F6N3/c22-14-10-16(18(24)17(23)11-14)20-29-28-19(30(20)15-4-2-1-3-5-15)12-6-8-13(9-7-12)21(25,26)27/h1-11H. The Hall–Kier alpha value is -3.62. The van der Waals surface area contributed by atoms with Crippen LogP contribution >= 0.6 is 0 Å². The first-order chi connectivity index (χ1) is 14.3. The number of para-hydroxylation sites is 1. The molecule has 0 radical (unpaired) electrons. The summed E-state index contributed by atoms with van der Waals surface area (Å²) in [5, 5.41) is 7.82. The first kappa shape index (κ1) is 19.7. The summed E-state index contributed by atoms with van der Waals surface area (Å²) in [6, 6.07) is 13.6. The Morgan fingerprint density at radius 3 is 2.00 bits per heavy atom. The van der Waals surface area contributed by atoms with Gasteiger partial charge in [-0.25, -0.2) is 13.2 Å². The second-order valence-electron chi connectivity index (χ2n) is 6.34. The molecule has 0 saturated carbocycles. The maximum Gasteiger partial charge on any atom is 0.416 e. The van der Waals surface area contributed by atoms with Gasteiger partial charge >= 0.3 is 6.18 Å². The zero-order valence-electron chi connectivity index (χ0n) is 15.0. The smallest absolute Gasteiger partial charge is 0.275 e. The van der Waals surface area contributed by atoms with E-state index >= 15 is 0 Å². The number of alkyl halides is 3. The van der Waals surface area contributed by atoms with Crippen LogP contribution < -0.4 is 0 Å². The van der Waals surface area contributed by atoms with Gasteiger partial charge in [-0.3, -0.25) is 4.57 Å². The molecule has 0 atom stereocenters. The van der Waals surface area contributed by atoms with Crippen LogP contribution in [0.15, 0.2) is 66.7 Å². The predicted molar refractivity (Wildman–Crippen MR) is 97.1 cm³/mol. The first-order valence-electron chi connectivity index (χ1n) is 8.59. The third-order valence-electron chi connectivity index (χ3n) is 4.38. The molecule has 30 heavy (non-hydrogen) atoms. The molecule has 0 spiro atoms. The van der Waals surface area contributed by atoms with Crippen LogP contribution in [-0.2, 0) is 6.18 Å². The lowest BCUT2D eigenvalue weighted by atomic mass is 10.1. The van der Waals surface area contributed by atoms with E-state index in [4.69, 9.17) is 0 Å². The molecule has 0 aliphatic rings. The molecule has 1 aromatic heterocycles. The molecule has 0 unspecified atom stereocenters. The number of halogens is 6. The van der Waals surface area contributed by atoms with E-state index < -0.39 is 34.8 Å². The number of rotatable bonds is 3. The lowest BCUT2D eigenvalue weighted by Gasteiger charge is -2.12. The van der Waals surface area contributed by atoms with Crippen molar-refractivity contribution < 1.29 is 26.3 Å². The largest absolute Gasteiger partial charge is 0.416 e. The zero-order chi connectivity index (χ0) is 21.5. The van der Waals surface area contributed by atoms with Crippen molar-refractivity contribution in [3.63, 3.8) is 0 Å². The molecule has 0 amide bonds. The Morgan fingerprint density at radius 1 is 0.733 bits per heavy atom. The molecular weight excluding hydrogens is 408 g/mol. The molecule has 0 N–H and O–H groups in total. The van der Waals surface area contributed by atoms with E-state index in [1.807, 2.05) is 0 Å². The van der Waals surface area contributed by atoms with Crippen molar-refractivity contribution in [2.75, 3.05) is 0 Å². The highest BCUT2D eigenvalue weighted by molar-refractivity contribution is 5.67. The maximum absolute atomic E-state index is 14.4. The Balaban J connectivity index is 1.94. The molecule has 3 nitrogen and oxygen atoms in total. The fraction of sp³-hybridized carbons (Fsp3) is 0.0476. The molecule has 0 fully saturated rings. The highest BCUT2D eigenvalue weighted by atomic mass is 19.4. The van der Waals surface area contributed by atoms with Gasteiger partial charge in [-0.1, -0.05) is 30.3 Å². The molecule has 1 heterocycles. The van der Waals surface area contributed by atoms with Crippen molar-refractivity contribution in [1.29, 1.82) is 0 Å². The van der Waals surface area contributed by atoms with Crippen molar-refractivity contribution in [3.8, 4) is 28.5 Å². The van der Waals surface area contributed by atoms with Crippen LogP contribution in [0.2, 0.25) is 0 Å². The minimum absolute atomic E-state index is 0.0778. The molecule has 0 bridgehead atoms. The Bertz CT molecular complexity index is 1200. The normalized spacial score (nSPS) is 11.7. The topological polar surface area (TPSA) is 30.7 Å². The van der Waals surface area contributed by atoms with Gasteiger partial charge in [-0.15, -0.1) is 10.2 Å². The van der Waals surface area contributed by atoms with Gasteiger partial charge in [0.2, 0.25) is 0 Å². The highest BCUT2D eigenvalue weighted by Gasteiger charge is 2.30.